The van der Waals surface area contributed by atoms with Gasteiger partial charge in [0.05, 0.1) is 0 Å². The normalized spacial score (nSPS) is 54.2. The van der Waals surface area contributed by atoms with Crippen molar-refractivity contribution in [2.24, 2.45) is 42.7 Å². The predicted octanol–water partition coefficient (Wildman–Crippen LogP) is 6.47. The van der Waals surface area contributed by atoms with Crippen LogP contribution < -0.4 is 0 Å². The van der Waals surface area contributed by atoms with Crippen LogP contribution in [0.1, 0.15) is 77.0 Å². The summed E-state index contributed by atoms with van der Waals surface area (Å²) in [5.74, 6) is 5.94. The van der Waals surface area contributed by atoms with E-state index in [1.165, 1.54) is 77.0 Å². The first kappa shape index (κ1) is 17.6. The summed E-state index contributed by atoms with van der Waals surface area (Å²) in [6.07, 6.45) is 17.4. The fourth-order valence-electron chi connectivity index (χ4n) is 8.66. The Balaban J connectivity index is 0.00000140. The Kier molecular flexibility index (Phi) is 4.21. The minimum atomic E-state index is -2.20. The van der Waals surface area contributed by atoms with E-state index in [1.807, 2.05) is 0 Å². The summed E-state index contributed by atoms with van der Waals surface area (Å²) in [4.78, 5) is 0. The van der Waals surface area contributed by atoms with E-state index in [0.29, 0.717) is 11.1 Å². The van der Waals surface area contributed by atoms with Crippen LogP contribution in [0.25, 0.3) is 0 Å². The maximum atomic E-state index is 6.06. The van der Waals surface area contributed by atoms with Gasteiger partial charge in [-0.25, -0.2) is 0 Å². The van der Waals surface area contributed by atoms with E-state index in [4.69, 9.17) is 17.1 Å². The summed E-state index contributed by atoms with van der Waals surface area (Å²) in [6, 6.07) is 0. The standard InChI is InChI=1S/2C10H15N.CH3.Re.S/c2*11-10-4-7-1-8(5-10)3-9(2-7)6-10;;;/h2*7-9H,1-6H2;1H3;;/q;;-1;;. The monoisotopic (exact) mass is 532 g/mol. The Labute approximate surface area is 162 Å². The van der Waals surface area contributed by atoms with Gasteiger partial charge < -0.3 is 7.43 Å². The first-order valence-corrected chi connectivity index (χ1v) is 16.5. The molecule has 0 unspecified atom stereocenters. The molecule has 8 aliphatic carbocycles. The van der Waals surface area contributed by atoms with Gasteiger partial charge in [0, 0.05) is 0 Å². The van der Waals surface area contributed by atoms with Crippen molar-refractivity contribution in [3.8, 4) is 0 Å². The van der Waals surface area contributed by atoms with Crippen molar-refractivity contribution in [3.05, 3.63) is 7.43 Å². The van der Waals surface area contributed by atoms with Gasteiger partial charge in [0.2, 0.25) is 0 Å². The van der Waals surface area contributed by atoms with Gasteiger partial charge in [-0.3, -0.25) is 0 Å². The van der Waals surface area contributed by atoms with Gasteiger partial charge in [0.1, 0.15) is 0 Å². The maximum absolute atomic E-state index is 6.06. The molecule has 0 amide bonds. The van der Waals surface area contributed by atoms with Crippen molar-refractivity contribution in [2.45, 2.75) is 88.1 Å². The van der Waals surface area contributed by atoms with Gasteiger partial charge in [0.25, 0.3) is 0 Å². The van der Waals surface area contributed by atoms with E-state index in [9.17, 15) is 0 Å². The number of hydrogen-bond donors (Lipinski definition) is 0. The molecule has 8 bridgehead atoms. The Morgan fingerprint density at radius 2 is 0.800 bits per heavy atom. The van der Waals surface area contributed by atoms with Crippen molar-refractivity contribution < 1.29 is 14.6 Å². The minimum absolute atomic E-state index is 0. The molecule has 0 heterocycles. The van der Waals surface area contributed by atoms with Gasteiger partial charge in [-0.15, -0.1) is 0 Å². The second-order valence-corrected chi connectivity index (χ2v) is 15.7. The van der Waals surface area contributed by atoms with Crippen LogP contribution in [0.15, 0.2) is 7.14 Å². The van der Waals surface area contributed by atoms with Crippen LogP contribution in [0.5, 0.6) is 0 Å². The van der Waals surface area contributed by atoms with Crippen molar-refractivity contribution in [1.82, 2.24) is 0 Å². The molecule has 2 nitrogen and oxygen atoms in total. The van der Waals surface area contributed by atoms with E-state index in [1.54, 1.807) is 0 Å². The third-order valence-electron chi connectivity index (χ3n) is 8.51. The molecule has 8 rings (SSSR count). The Morgan fingerprint density at radius 1 is 0.560 bits per heavy atom. The summed E-state index contributed by atoms with van der Waals surface area (Å²) in [5.41, 5.74) is 0.651. The zero-order valence-corrected chi connectivity index (χ0v) is 19.2. The third kappa shape index (κ3) is 2.98. The van der Waals surface area contributed by atoms with Gasteiger partial charge in [-0.2, -0.15) is 0 Å². The molecule has 25 heavy (non-hydrogen) atoms. The second-order valence-electron chi connectivity index (χ2n) is 10.7. The van der Waals surface area contributed by atoms with Crippen molar-refractivity contribution in [2.75, 3.05) is 0 Å². The van der Waals surface area contributed by atoms with Gasteiger partial charge in [-0.05, 0) is 0 Å². The zero-order chi connectivity index (χ0) is 15.9. The van der Waals surface area contributed by atoms with Crippen LogP contribution in [0.2, 0.25) is 0 Å². The number of rotatable bonds is 2. The molecular weight excluding hydrogens is 499 g/mol. The fraction of sp³-hybridized carbons (Fsp3) is 0.952. The van der Waals surface area contributed by atoms with Crippen molar-refractivity contribution >= 4 is 9.94 Å². The molecular formula is C21H33N2ReS-. The van der Waals surface area contributed by atoms with Crippen LogP contribution in [-0.4, -0.2) is 11.1 Å². The first-order chi connectivity index (χ1) is 11.6. The molecule has 8 aliphatic rings. The molecule has 8 saturated carbocycles. The Bertz CT molecular complexity index is 583. The van der Waals surface area contributed by atoms with E-state index in [-0.39, 0.29) is 7.43 Å². The van der Waals surface area contributed by atoms with Crippen molar-refractivity contribution in [1.29, 1.82) is 0 Å². The number of hydrogen-bond acceptors (Lipinski definition) is 3. The molecule has 0 aromatic carbocycles. The molecule has 4 heteroatoms. The van der Waals surface area contributed by atoms with E-state index < -0.39 is 14.6 Å². The molecule has 0 spiro atoms. The molecule has 0 radical (unpaired) electrons. The average Bonchev–Trinajstić information content (AvgIpc) is 2.42. The van der Waals surface area contributed by atoms with E-state index in [2.05, 4.69) is 0 Å². The first-order valence-electron chi connectivity index (χ1n) is 10.4. The summed E-state index contributed by atoms with van der Waals surface area (Å²) in [7, 11) is 6.06. The third-order valence-corrected chi connectivity index (χ3v) is 13.3. The summed E-state index contributed by atoms with van der Waals surface area (Å²) in [5, 5.41) is 0. The van der Waals surface area contributed by atoms with Gasteiger partial charge in [-0.1, -0.05) is 0 Å². The van der Waals surface area contributed by atoms with Crippen LogP contribution in [0, 0.1) is 42.9 Å². The molecule has 0 saturated heterocycles. The van der Waals surface area contributed by atoms with E-state index >= 15 is 0 Å². The quantitative estimate of drug-likeness (QED) is 0.375. The van der Waals surface area contributed by atoms with Crippen LogP contribution in [0.3, 0.4) is 0 Å². The summed E-state index contributed by atoms with van der Waals surface area (Å²) >= 11 is -2.20. The number of nitrogens with zero attached hydrogens (tertiary/aromatic N) is 2. The van der Waals surface area contributed by atoms with Gasteiger partial charge >= 0.3 is 155 Å². The average molecular weight is 532 g/mol. The topological polar surface area (TPSA) is 24.7 Å². The zero-order valence-electron chi connectivity index (χ0n) is 15.6. The van der Waals surface area contributed by atoms with Crippen LogP contribution >= 0.6 is 9.94 Å². The summed E-state index contributed by atoms with van der Waals surface area (Å²) in [6.45, 7) is 0. The van der Waals surface area contributed by atoms with Crippen molar-refractivity contribution in [3.63, 3.8) is 0 Å². The van der Waals surface area contributed by atoms with Crippen LogP contribution in [0.4, 0.5) is 0 Å². The van der Waals surface area contributed by atoms with Crippen LogP contribution in [-0.2, 0) is 14.6 Å². The predicted molar refractivity (Wildman–Crippen MR) is 101 cm³/mol. The fourth-order valence-corrected chi connectivity index (χ4v) is 14.9. The van der Waals surface area contributed by atoms with E-state index in [0.717, 1.165) is 35.5 Å². The molecule has 0 aromatic rings. The molecule has 8 fully saturated rings. The Hall–Kier alpha value is 0.482. The molecule has 0 atom stereocenters. The SMILES string of the molecule is [CH3-].[S]=[Re](=[N]C12CC3CC(CC(C3)C1)C2)=[N]C12CC3CC(CC(C3)C1)C2. The molecule has 0 N–H and O–H groups in total. The second kappa shape index (κ2) is 5.99. The summed E-state index contributed by atoms with van der Waals surface area (Å²) < 4.78 is 11.0. The molecule has 141 valence electrons. The molecule has 0 aromatic heterocycles. The Morgan fingerprint density at radius 3 is 1.04 bits per heavy atom. The molecule has 0 aliphatic heterocycles. The van der Waals surface area contributed by atoms with Gasteiger partial charge in [0.15, 0.2) is 0 Å².